The Morgan fingerprint density at radius 3 is 2.39 bits per heavy atom. The van der Waals surface area contributed by atoms with Gasteiger partial charge in [-0.1, -0.05) is 19.1 Å². The third-order valence-electron chi connectivity index (χ3n) is 5.73. The minimum atomic E-state index is -5.49. The zero-order chi connectivity index (χ0) is 27.7. The minimum Gasteiger partial charge on any atom is -0.355 e. The first kappa shape index (κ1) is 26.8. The van der Waals surface area contributed by atoms with E-state index in [1.165, 1.54) is 28.9 Å². The predicted molar refractivity (Wildman–Crippen MR) is 131 cm³/mol. The van der Waals surface area contributed by atoms with Crippen LogP contribution in [0.3, 0.4) is 0 Å². The van der Waals surface area contributed by atoms with Crippen molar-refractivity contribution >= 4 is 39.6 Å². The van der Waals surface area contributed by atoms with Gasteiger partial charge in [0.05, 0.1) is 30.0 Å². The van der Waals surface area contributed by atoms with Gasteiger partial charge in [0.15, 0.2) is 0 Å². The number of halogens is 3. The standard InChI is InChI=1S/C22H23F3N8O4S/c1-3-17-18(32-12-15(19(34)26-2)11-28-21(32)30-17)20(35)27-10-14-4-6-16(7-5-14)33-9-8-31(13-29-33)38(36,37)22(23,24)25/h4-7,11-13H,3,8-10H2,1-2H3,(H,26,34)(H,27,35). The quantitative estimate of drug-likeness (QED) is 0.453. The van der Waals surface area contributed by atoms with Gasteiger partial charge in [-0.2, -0.15) is 26.7 Å². The first-order valence-electron chi connectivity index (χ1n) is 11.3. The Morgan fingerprint density at radius 1 is 1.11 bits per heavy atom. The lowest BCUT2D eigenvalue weighted by molar-refractivity contribution is -0.0471. The third-order valence-corrected chi connectivity index (χ3v) is 7.21. The van der Waals surface area contributed by atoms with Crippen LogP contribution in [0, 0.1) is 0 Å². The van der Waals surface area contributed by atoms with E-state index in [2.05, 4.69) is 25.7 Å². The fourth-order valence-electron chi connectivity index (χ4n) is 3.72. The molecule has 0 saturated carbocycles. The number of imidazole rings is 1. The summed E-state index contributed by atoms with van der Waals surface area (Å²) >= 11 is 0. The smallest absolute Gasteiger partial charge is 0.355 e. The van der Waals surface area contributed by atoms with Gasteiger partial charge in [0.25, 0.3) is 11.8 Å². The molecule has 2 N–H and O–H groups in total. The molecule has 4 rings (SSSR count). The minimum absolute atomic E-state index is 0.0813. The molecule has 0 radical (unpaired) electrons. The number of nitrogens with one attached hydrogen (secondary N) is 2. The molecule has 0 aliphatic carbocycles. The van der Waals surface area contributed by atoms with Gasteiger partial charge in [-0.15, -0.1) is 0 Å². The predicted octanol–water partition coefficient (Wildman–Crippen LogP) is 1.50. The van der Waals surface area contributed by atoms with Crippen LogP contribution in [-0.4, -0.2) is 70.9 Å². The molecule has 16 heteroatoms. The number of aromatic nitrogens is 3. The molecule has 202 valence electrons. The van der Waals surface area contributed by atoms with Crippen LogP contribution in [0.25, 0.3) is 5.78 Å². The molecule has 0 unspecified atom stereocenters. The first-order valence-corrected chi connectivity index (χ1v) is 12.8. The highest BCUT2D eigenvalue weighted by molar-refractivity contribution is 7.90. The number of aryl methyl sites for hydroxylation is 1. The van der Waals surface area contributed by atoms with Crippen molar-refractivity contribution in [2.45, 2.75) is 25.4 Å². The van der Waals surface area contributed by atoms with Gasteiger partial charge in [0.2, 0.25) is 5.78 Å². The number of alkyl halides is 3. The molecule has 3 heterocycles. The number of benzene rings is 1. The molecule has 0 fully saturated rings. The monoisotopic (exact) mass is 552 g/mol. The van der Waals surface area contributed by atoms with Gasteiger partial charge >= 0.3 is 15.5 Å². The lowest BCUT2D eigenvalue weighted by Crippen LogP contribution is -2.46. The summed E-state index contributed by atoms with van der Waals surface area (Å²) in [6, 6.07) is 6.70. The van der Waals surface area contributed by atoms with E-state index in [1.807, 2.05) is 6.92 Å². The van der Waals surface area contributed by atoms with Crippen LogP contribution in [0.1, 0.15) is 39.0 Å². The largest absolute Gasteiger partial charge is 0.516 e. The Bertz CT molecular complexity index is 1500. The lowest BCUT2D eigenvalue weighted by Gasteiger charge is -2.29. The maximum atomic E-state index is 13.1. The van der Waals surface area contributed by atoms with Crippen molar-refractivity contribution in [3.63, 3.8) is 0 Å². The number of hydrogen-bond acceptors (Lipinski definition) is 8. The maximum absolute atomic E-state index is 13.1. The number of anilines is 1. The van der Waals surface area contributed by atoms with Crippen molar-refractivity contribution in [2.24, 2.45) is 5.10 Å². The SMILES string of the molecule is CCc1nc2ncc(C(=O)NC)cn2c1C(=O)NCc1ccc(N2CCN(S(=O)(=O)C(F)(F)F)C=N2)cc1. The Kier molecular flexibility index (Phi) is 7.26. The molecule has 12 nitrogen and oxygen atoms in total. The molecule has 3 aromatic rings. The summed E-state index contributed by atoms with van der Waals surface area (Å²) in [4.78, 5) is 33.6. The van der Waals surface area contributed by atoms with Crippen molar-refractivity contribution in [2.75, 3.05) is 25.1 Å². The van der Waals surface area contributed by atoms with Crippen LogP contribution >= 0.6 is 0 Å². The zero-order valence-electron chi connectivity index (χ0n) is 20.2. The topological polar surface area (TPSA) is 141 Å². The van der Waals surface area contributed by atoms with E-state index in [-0.39, 0.29) is 40.3 Å². The van der Waals surface area contributed by atoms with Gasteiger partial charge in [0.1, 0.15) is 12.0 Å². The molecule has 1 aromatic carbocycles. The molecule has 2 aromatic heterocycles. The lowest BCUT2D eigenvalue weighted by atomic mass is 10.2. The second-order valence-electron chi connectivity index (χ2n) is 8.12. The molecule has 0 spiro atoms. The van der Waals surface area contributed by atoms with Crippen molar-refractivity contribution in [1.29, 1.82) is 0 Å². The fraction of sp³-hybridized carbons (Fsp3) is 0.318. The molecule has 2 amide bonds. The van der Waals surface area contributed by atoms with E-state index >= 15 is 0 Å². The summed E-state index contributed by atoms with van der Waals surface area (Å²) in [5, 5.41) is 10.5. The van der Waals surface area contributed by atoms with E-state index in [9.17, 15) is 31.2 Å². The maximum Gasteiger partial charge on any atom is 0.516 e. The van der Waals surface area contributed by atoms with Gasteiger partial charge in [-0.05, 0) is 24.1 Å². The van der Waals surface area contributed by atoms with Crippen molar-refractivity contribution < 1.29 is 31.2 Å². The van der Waals surface area contributed by atoms with Crippen LogP contribution < -0.4 is 15.6 Å². The Labute approximate surface area is 215 Å². The highest BCUT2D eigenvalue weighted by Gasteiger charge is 2.50. The van der Waals surface area contributed by atoms with Crippen molar-refractivity contribution in [3.8, 4) is 0 Å². The number of nitrogens with zero attached hydrogens (tertiary/aromatic N) is 6. The fourth-order valence-corrected chi connectivity index (χ4v) is 4.47. The van der Waals surface area contributed by atoms with Crippen molar-refractivity contribution in [3.05, 3.63) is 59.2 Å². The van der Waals surface area contributed by atoms with E-state index in [4.69, 9.17) is 0 Å². The van der Waals surface area contributed by atoms with Gasteiger partial charge < -0.3 is 10.6 Å². The summed E-state index contributed by atoms with van der Waals surface area (Å²) in [6.45, 7) is 1.50. The number of carbonyl (C=O) groups is 2. The number of rotatable bonds is 7. The summed E-state index contributed by atoms with van der Waals surface area (Å²) in [5.41, 5.74) is -3.10. The zero-order valence-corrected chi connectivity index (χ0v) is 21.0. The van der Waals surface area contributed by atoms with Crippen LogP contribution in [0.4, 0.5) is 18.9 Å². The second-order valence-corrected chi connectivity index (χ2v) is 10.00. The summed E-state index contributed by atoms with van der Waals surface area (Å²) in [5.74, 6) is -0.487. The number of amides is 2. The van der Waals surface area contributed by atoms with E-state index in [1.54, 1.807) is 24.3 Å². The molecule has 0 bridgehead atoms. The number of sulfonamides is 1. The van der Waals surface area contributed by atoms with Crippen LogP contribution in [0.2, 0.25) is 0 Å². The van der Waals surface area contributed by atoms with Gasteiger partial charge in [-0.3, -0.25) is 19.0 Å². The van der Waals surface area contributed by atoms with Gasteiger partial charge in [-0.25, -0.2) is 14.3 Å². The Morgan fingerprint density at radius 2 is 1.82 bits per heavy atom. The Balaban J connectivity index is 1.45. The summed E-state index contributed by atoms with van der Waals surface area (Å²) in [6.07, 6.45) is 3.97. The van der Waals surface area contributed by atoms with Crippen molar-refractivity contribution in [1.82, 2.24) is 29.3 Å². The third kappa shape index (κ3) is 5.11. The molecule has 0 saturated heterocycles. The summed E-state index contributed by atoms with van der Waals surface area (Å²) in [7, 11) is -4.00. The van der Waals surface area contributed by atoms with Gasteiger partial charge in [0, 0.05) is 26.0 Å². The molecule has 1 aliphatic heterocycles. The molecule has 0 atom stereocenters. The van der Waals surface area contributed by atoms with Crippen LogP contribution in [0.15, 0.2) is 41.8 Å². The normalized spacial score (nSPS) is 14.1. The van der Waals surface area contributed by atoms with Crippen LogP contribution in [-0.2, 0) is 23.0 Å². The number of fused-ring (bicyclic) bond motifs is 1. The average molecular weight is 553 g/mol. The summed E-state index contributed by atoms with van der Waals surface area (Å²) < 4.78 is 62.8. The highest BCUT2D eigenvalue weighted by Crippen LogP contribution is 2.27. The van der Waals surface area contributed by atoms with Crippen LogP contribution in [0.5, 0.6) is 0 Å². The van der Waals surface area contributed by atoms with E-state index in [0.29, 0.717) is 24.1 Å². The van der Waals surface area contributed by atoms with E-state index in [0.717, 1.165) is 5.56 Å². The number of carbonyl (C=O) groups excluding carboxylic acids is 2. The van der Waals surface area contributed by atoms with E-state index < -0.39 is 28.0 Å². The molecule has 38 heavy (non-hydrogen) atoms. The Hall–Kier alpha value is -4.21. The number of hydrazone groups is 1. The number of hydrogen-bond donors (Lipinski definition) is 2. The molecular weight excluding hydrogens is 529 g/mol. The molecular formula is C22H23F3N8O4S. The second kappa shape index (κ2) is 10.3. The first-order chi connectivity index (χ1) is 18.0. The molecule has 1 aliphatic rings. The highest BCUT2D eigenvalue weighted by atomic mass is 32.2. The average Bonchev–Trinajstić information content (AvgIpc) is 3.29.